The SMILES string of the molecule is O=C(CNCc1cccnc1)NCCc1ccc2c(c1)OCO2. The summed E-state index contributed by atoms with van der Waals surface area (Å²) in [4.78, 5) is 15.8. The van der Waals surface area contributed by atoms with Crippen molar-refractivity contribution >= 4 is 5.91 Å². The third-order valence-electron chi connectivity index (χ3n) is 3.51. The number of nitrogens with one attached hydrogen (secondary N) is 2. The van der Waals surface area contributed by atoms with Gasteiger partial charge in [-0.3, -0.25) is 9.78 Å². The zero-order valence-electron chi connectivity index (χ0n) is 12.7. The first kappa shape index (κ1) is 15.3. The number of rotatable bonds is 7. The Morgan fingerprint density at radius 2 is 2.09 bits per heavy atom. The van der Waals surface area contributed by atoms with Gasteiger partial charge < -0.3 is 20.1 Å². The largest absolute Gasteiger partial charge is 0.454 e. The minimum absolute atomic E-state index is 0.0189. The first-order chi connectivity index (χ1) is 11.3. The third-order valence-corrected chi connectivity index (χ3v) is 3.51. The van der Waals surface area contributed by atoms with Crippen LogP contribution >= 0.6 is 0 Å². The van der Waals surface area contributed by atoms with Crippen molar-refractivity contribution in [1.82, 2.24) is 15.6 Å². The highest BCUT2D eigenvalue weighted by Crippen LogP contribution is 2.32. The highest BCUT2D eigenvalue weighted by atomic mass is 16.7. The lowest BCUT2D eigenvalue weighted by molar-refractivity contribution is -0.120. The van der Waals surface area contributed by atoms with Crippen LogP contribution in [0.2, 0.25) is 0 Å². The quantitative estimate of drug-likeness (QED) is 0.805. The lowest BCUT2D eigenvalue weighted by atomic mass is 10.1. The maximum atomic E-state index is 11.8. The van der Waals surface area contributed by atoms with Crippen LogP contribution in [0.3, 0.4) is 0 Å². The molecule has 6 heteroatoms. The van der Waals surface area contributed by atoms with Gasteiger partial charge in [-0.15, -0.1) is 0 Å². The van der Waals surface area contributed by atoms with Crippen molar-refractivity contribution in [1.29, 1.82) is 0 Å². The molecule has 3 rings (SSSR count). The average Bonchev–Trinajstić information content (AvgIpc) is 3.03. The predicted octanol–water partition coefficient (Wildman–Crippen LogP) is 1.26. The van der Waals surface area contributed by atoms with Crippen LogP contribution < -0.4 is 20.1 Å². The van der Waals surface area contributed by atoms with Gasteiger partial charge in [-0.1, -0.05) is 12.1 Å². The standard InChI is InChI=1S/C17H19N3O3/c21-17(11-19-10-14-2-1-6-18-9-14)20-7-5-13-3-4-15-16(8-13)23-12-22-15/h1-4,6,8-9,19H,5,7,10-12H2,(H,20,21). The van der Waals surface area contributed by atoms with Gasteiger partial charge >= 0.3 is 0 Å². The van der Waals surface area contributed by atoms with E-state index in [0.717, 1.165) is 29.0 Å². The normalized spacial score (nSPS) is 12.2. The molecule has 0 spiro atoms. The Balaban J connectivity index is 1.34. The minimum Gasteiger partial charge on any atom is -0.454 e. The van der Waals surface area contributed by atoms with E-state index < -0.39 is 0 Å². The smallest absolute Gasteiger partial charge is 0.233 e. The molecule has 0 saturated heterocycles. The second-order valence-electron chi connectivity index (χ2n) is 5.25. The second kappa shape index (κ2) is 7.60. The molecular formula is C17H19N3O3. The number of carbonyl (C=O) groups is 1. The molecule has 0 bridgehead atoms. The van der Waals surface area contributed by atoms with Crippen molar-refractivity contribution in [2.24, 2.45) is 0 Å². The molecule has 2 aromatic rings. The van der Waals surface area contributed by atoms with Gasteiger partial charge in [0.15, 0.2) is 11.5 Å². The Kier molecular flexibility index (Phi) is 5.06. The number of hydrogen-bond donors (Lipinski definition) is 2. The van der Waals surface area contributed by atoms with E-state index in [4.69, 9.17) is 9.47 Å². The molecule has 0 radical (unpaired) electrons. The Morgan fingerprint density at radius 1 is 1.17 bits per heavy atom. The first-order valence-electron chi connectivity index (χ1n) is 7.56. The number of pyridine rings is 1. The monoisotopic (exact) mass is 313 g/mol. The molecule has 0 unspecified atom stereocenters. The van der Waals surface area contributed by atoms with Gasteiger partial charge in [-0.05, 0) is 35.7 Å². The number of nitrogens with zero attached hydrogens (tertiary/aromatic N) is 1. The summed E-state index contributed by atoms with van der Waals surface area (Å²) in [5, 5.41) is 5.99. The summed E-state index contributed by atoms with van der Waals surface area (Å²) in [5.74, 6) is 1.53. The van der Waals surface area contributed by atoms with E-state index in [0.29, 0.717) is 13.1 Å². The summed E-state index contributed by atoms with van der Waals surface area (Å²) in [5.41, 5.74) is 2.17. The number of amides is 1. The molecule has 1 aromatic carbocycles. The molecule has 1 aliphatic heterocycles. The van der Waals surface area contributed by atoms with Crippen LogP contribution in [-0.4, -0.2) is 30.8 Å². The van der Waals surface area contributed by atoms with Gasteiger partial charge in [0.05, 0.1) is 6.54 Å². The summed E-state index contributed by atoms with van der Waals surface area (Å²) in [7, 11) is 0. The summed E-state index contributed by atoms with van der Waals surface area (Å²) in [6, 6.07) is 9.68. The van der Waals surface area contributed by atoms with Crippen LogP contribution in [0, 0.1) is 0 Å². The molecule has 6 nitrogen and oxygen atoms in total. The van der Waals surface area contributed by atoms with E-state index in [-0.39, 0.29) is 19.2 Å². The van der Waals surface area contributed by atoms with E-state index in [2.05, 4.69) is 15.6 Å². The molecule has 0 saturated carbocycles. The predicted molar refractivity (Wildman–Crippen MR) is 85.2 cm³/mol. The van der Waals surface area contributed by atoms with Gasteiger partial charge in [-0.25, -0.2) is 0 Å². The van der Waals surface area contributed by atoms with Crippen LogP contribution in [0.4, 0.5) is 0 Å². The molecule has 23 heavy (non-hydrogen) atoms. The van der Waals surface area contributed by atoms with Crippen molar-refractivity contribution in [3.8, 4) is 11.5 Å². The summed E-state index contributed by atoms with van der Waals surface area (Å²) in [6.45, 7) is 1.78. The lowest BCUT2D eigenvalue weighted by Gasteiger charge is -2.07. The van der Waals surface area contributed by atoms with Gasteiger partial charge in [-0.2, -0.15) is 0 Å². The maximum absolute atomic E-state index is 11.8. The van der Waals surface area contributed by atoms with E-state index in [1.807, 2.05) is 30.3 Å². The number of benzene rings is 1. The number of fused-ring (bicyclic) bond motifs is 1. The second-order valence-corrected chi connectivity index (χ2v) is 5.25. The van der Waals surface area contributed by atoms with Gasteiger partial charge in [0.2, 0.25) is 12.7 Å². The molecule has 0 aliphatic carbocycles. The van der Waals surface area contributed by atoms with Crippen molar-refractivity contribution in [2.45, 2.75) is 13.0 Å². The van der Waals surface area contributed by atoms with Crippen LogP contribution in [0.15, 0.2) is 42.7 Å². The Labute approximate surface area is 134 Å². The summed E-state index contributed by atoms with van der Waals surface area (Å²) >= 11 is 0. The van der Waals surface area contributed by atoms with E-state index in [1.165, 1.54) is 0 Å². The van der Waals surface area contributed by atoms with Crippen molar-refractivity contribution in [3.05, 3.63) is 53.9 Å². The van der Waals surface area contributed by atoms with E-state index in [9.17, 15) is 4.79 Å². The summed E-state index contributed by atoms with van der Waals surface area (Å²) in [6.07, 6.45) is 4.27. The van der Waals surface area contributed by atoms with Crippen LogP contribution in [0.1, 0.15) is 11.1 Å². The molecule has 1 aliphatic rings. The molecule has 1 aromatic heterocycles. The number of hydrogen-bond acceptors (Lipinski definition) is 5. The molecular weight excluding hydrogens is 294 g/mol. The van der Waals surface area contributed by atoms with E-state index >= 15 is 0 Å². The van der Waals surface area contributed by atoms with Crippen LogP contribution in [-0.2, 0) is 17.8 Å². The van der Waals surface area contributed by atoms with Gasteiger partial charge in [0.25, 0.3) is 0 Å². The van der Waals surface area contributed by atoms with Crippen LogP contribution in [0.5, 0.6) is 11.5 Å². The summed E-state index contributed by atoms with van der Waals surface area (Å²) < 4.78 is 10.6. The zero-order chi connectivity index (χ0) is 15.9. The van der Waals surface area contributed by atoms with Crippen molar-refractivity contribution < 1.29 is 14.3 Å². The minimum atomic E-state index is -0.0189. The van der Waals surface area contributed by atoms with Crippen LogP contribution in [0.25, 0.3) is 0 Å². The molecule has 2 heterocycles. The fourth-order valence-electron chi connectivity index (χ4n) is 2.33. The van der Waals surface area contributed by atoms with Gasteiger partial charge in [0, 0.05) is 25.5 Å². The Bertz CT molecular complexity index is 661. The Morgan fingerprint density at radius 3 is 2.96 bits per heavy atom. The molecule has 1 amide bonds. The molecule has 2 N–H and O–H groups in total. The maximum Gasteiger partial charge on any atom is 0.233 e. The average molecular weight is 313 g/mol. The van der Waals surface area contributed by atoms with Crippen molar-refractivity contribution in [3.63, 3.8) is 0 Å². The number of carbonyl (C=O) groups excluding carboxylic acids is 1. The molecule has 0 atom stereocenters. The fraction of sp³-hybridized carbons (Fsp3) is 0.294. The van der Waals surface area contributed by atoms with Gasteiger partial charge in [0.1, 0.15) is 0 Å². The van der Waals surface area contributed by atoms with Crippen molar-refractivity contribution in [2.75, 3.05) is 19.9 Å². The highest BCUT2D eigenvalue weighted by Gasteiger charge is 2.12. The lowest BCUT2D eigenvalue weighted by Crippen LogP contribution is -2.34. The molecule has 0 fully saturated rings. The number of aromatic nitrogens is 1. The highest BCUT2D eigenvalue weighted by molar-refractivity contribution is 5.77. The fourth-order valence-corrected chi connectivity index (χ4v) is 2.33. The third kappa shape index (κ3) is 4.43. The zero-order valence-corrected chi connectivity index (χ0v) is 12.7. The molecule has 120 valence electrons. The Hall–Kier alpha value is -2.60. The first-order valence-corrected chi connectivity index (χ1v) is 7.56. The topological polar surface area (TPSA) is 72.5 Å². The van der Waals surface area contributed by atoms with E-state index in [1.54, 1.807) is 12.4 Å². The number of ether oxygens (including phenoxy) is 2.